The van der Waals surface area contributed by atoms with E-state index >= 15 is 0 Å². The van der Waals surface area contributed by atoms with Crippen molar-refractivity contribution >= 4 is 28.2 Å². The second-order valence-electron chi connectivity index (χ2n) is 8.31. The summed E-state index contributed by atoms with van der Waals surface area (Å²) in [5.74, 6) is -0.543. The molecule has 0 aliphatic rings. The molecular weight excluding hydrogens is 414 g/mol. The molecule has 3 aromatic heterocycles. The third-order valence-corrected chi connectivity index (χ3v) is 6.07. The molecule has 7 heteroatoms. The predicted octanol–water partition coefficient (Wildman–Crippen LogP) is 4.04. The smallest absolute Gasteiger partial charge is 0.267 e. The summed E-state index contributed by atoms with van der Waals surface area (Å²) in [6.07, 6.45) is 4.29. The maximum absolute atomic E-state index is 12.5. The minimum absolute atomic E-state index is 0.0154. The summed E-state index contributed by atoms with van der Waals surface area (Å²) < 4.78 is 1.72. The van der Waals surface area contributed by atoms with E-state index in [2.05, 4.69) is 33.9 Å². The Hall–Kier alpha value is -4.00. The van der Waals surface area contributed by atoms with E-state index in [-0.39, 0.29) is 11.3 Å². The number of carbonyl (C=O) groups excluding carboxylic acids is 1. The minimum atomic E-state index is -0.543. The van der Waals surface area contributed by atoms with Crippen molar-refractivity contribution in [2.24, 2.45) is 12.8 Å². The van der Waals surface area contributed by atoms with Crippen LogP contribution >= 0.6 is 0 Å². The van der Waals surface area contributed by atoms with Crippen molar-refractivity contribution < 1.29 is 4.79 Å². The van der Waals surface area contributed by atoms with Crippen LogP contribution in [0.25, 0.3) is 22.2 Å². The third-order valence-electron chi connectivity index (χ3n) is 6.07. The van der Waals surface area contributed by atoms with Gasteiger partial charge in [0, 0.05) is 36.8 Å². The number of pyridine rings is 3. The number of nitrogens with zero attached hydrogens (tertiary/aromatic N) is 4. The first-order valence-electron chi connectivity index (χ1n) is 10.8. The van der Waals surface area contributed by atoms with Gasteiger partial charge in [-0.2, -0.15) is 0 Å². The zero-order valence-electron chi connectivity index (χ0n) is 19.5. The molecule has 0 aliphatic carbocycles. The Bertz CT molecular complexity index is 1440. The lowest BCUT2D eigenvalue weighted by atomic mass is 10.0. The Morgan fingerprint density at radius 1 is 1.06 bits per heavy atom. The number of benzene rings is 1. The fraction of sp³-hybridized carbons (Fsp3) is 0.231. The predicted molar refractivity (Wildman–Crippen MR) is 132 cm³/mol. The number of amides is 1. The van der Waals surface area contributed by atoms with Crippen molar-refractivity contribution in [1.82, 2.24) is 14.5 Å². The normalized spacial score (nSPS) is 11.1. The Morgan fingerprint density at radius 3 is 2.42 bits per heavy atom. The number of aromatic nitrogens is 3. The van der Waals surface area contributed by atoms with Gasteiger partial charge in [0.05, 0.1) is 28.8 Å². The molecule has 0 saturated carbocycles. The van der Waals surface area contributed by atoms with Gasteiger partial charge >= 0.3 is 0 Å². The van der Waals surface area contributed by atoms with Gasteiger partial charge in [-0.3, -0.25) is 19.6 Å². The molecule has 1 amide bonds. The van der Waals surface area contributed by atoms with Crippen LogP contribution in [0.1, 0.15) is 34.1 Å². The van der Waals surface area contributed by atoms with Crippen molar-refractivity contribution in [2.75, 3.05) is 11.9 Å². The van der Waals surface area contributed by atoms with Crippen LogP contribution in [0.15, 0.2) is 53.6 Å². The molecule has 0 atom stereocenters. The molecule has 7 nitrogen and oxygen atoms in total. The molecule has 1 aromatic carbocycles. The highest BCUT2D eigenvalue weighted by molar-refractivity contribution is 5.95. The van der Waals surface area contributed by atoms with Crippen LogP contribution in [0.2, 0.25) is 0 Å². The molecule has 0 unspecified atom stereocenters. The molecule has 3 heterocycles. The summed E-state index contributed by atoms with van der Waals surface area (Å²) >= 11 is 0. The van der Waals surface area contributed by atoms with E-state index < -0.39 is 5.91 Å². The molecular formula is C26H27N5O2. The standard InChI is InChI=1S/C26H27N5O2/c1-6-17-11-22(20-10-16(3)26(33)31(5)23(20)12-17)30(4)19-7-8-21(28-14-19)18-9-15(2)24(25(27)32)29-13-18/h7-14H,6H2,1-5H3,(H2,27,32). The summed E-state index contributed by atoms with van der Waals surface area (Å²) in [5.41, 5.74) is 12.6. The fourth-order valence-electron chi connectivity index (χ4n) is 4.11. The van der Waals surface area contributed by atoms with Crippen LogP contribution < -0.4 is 16.2 Å². The summed E-state index contributed by atoms with van der Waals surface area (Å²) in [6, 6.07) is 12.0. The largest absolute Gasteiger partial charge is 0.364 e. The van der Waals surface area contributed by atoms with E-state index in [0.29, 0.717) is 11.1 Å². The van der Waals surface area contributed by atoms with Crippen molar-refractivity contribution in [3.8, 4) is 11.3 Å². The number of nitrogens with two attached hydrogens (primary N) is 1. The monoisotopic (exact) mass is 441 g/mol. The highest BCUT2D eigenvalue weighted by atomic mass is 16.1. The number of carbonyl (C=O) groups is 1. The van der Waals surface area contributed by atoms with Crippen LogP contribution in [-0.4, -0.2) is 27.5 Å². The van der Waals surface area contributed by atoms with Crippen LogP contribution in [0.4, 0.5) is 11.4 Å². The molecule has 0 radical (unpaired) electrons. The van der Waals surface area contributed by atoms with E-state index in [1.807, 2.05) is 51.5 Å². The molecule has 0 saturated heterocycles. The number of hydrogen-bond donors (Lipinski definition) is 1. The lowest BCUT2D eigenvalue weighted by Gasteiger charge is -2.23. The van der Waals surface area contributed by atoms with E-state index in [1.54, 1.807) is 17.7 Å². The second-order valence-corrected chi connectivity index (χ2v) is 8.31. The van der Waals surface area contributed by atoms with Gasteiger partial charge < -0.3 is 15.2 Å². The van der Waals surface area contributed by atoms with Crippen LogP contribution in [0.3, 0.4) is 0 Å². The topological polar surface area (TPSA) is 94.1 Å². The minimum Gasteiger partial charge on any atom is -0.364 e. The highest BCUT2D eigenvalue weighted by Gasteiger charge is 2.15. The quantitative estimate of drug-likeness (QED) is 0.504. The van der Waals surface area contributed by atoms with Crippen LogP contribution in [-0.2, 0) is 13.5 Å². The Labute approximate surface area is 192 Å². The van der Waals surface area contributed by atoms with Crippen molar-refractivity contribution in [3.63, 3.8) is 0 Å². The fourth-order valence-corrected chi connectivity index (χ4v) is 4.11. The van der Waals surface area contributed by atoms with Gasteiger partial charge in [0.25, 0.3) is 11.5 Å². The SMILES string of the molecule is CCc1cc(N(C)c2ccc(-c3cnc(C(N)=O)c(C)c3)nc2)c2cc(C)c(=O)n(C)c2c1. The number of primary amides is 1. The first kappa shape index (κ1) is 22.2. The van der Waals surface area contributed by atoms with Gasteiger partial charge in [-0.25, -0.2) is 0 Å². The summed E-state index contributed by atoms with van der Waals surface area (Å²) in [4.78, 5) is 34.8. The first-order chi connectivity index (χ1) is 15.7. The second kappa shape index (κ2) is 8.50. The molecule has 4 rings (SSSR count). The molecule has 2 N–H and O–H groups in total. The van der Waals surface area contributed by atoms with E-state index in [4.69, 9.17) is 5.73 Å². The van der Waals surface area contributed by atoms with Gasteiger partial charge in [-0.1, -0.05) is 6.92 Å². The summed E-state index contributed by atoms with van der Waals surface area (Å²) in [6.45, 7) is 5.75. The number of rotatable bonds is 5. The average molecular weight is 442 g/mol. The van der Waals surface area contributed by atoms with E-state index in [9.17, 15) is 9.59 Å². The average Bonchev–Trinajstić information content (AvgIpc) is 2.81. The van der Waals surface area contributed by atoms with Gasteiger partial charge in [0.2, 0.25) is 0 Å². The number of hydrogen-bond acceptors (Lipinski definition) is 5. The van der Waals surface area contributed by atoms with Crippen LogP contribution in [0.5, 0.6) is 0 Å². The summed E-state index contributed by atoms with van der Waals surface area (Å²) in [7, 11) is 3.81. The van der Waals surface area contributed by atoms with E-state index in [0.717, 1.165) is 45.5 Å². The number of anilines is 2. The van der Waals surface area contributed by atoms with Gasteiger partial charge in [0.1, 0.15) is 5.69 Å². The Balaban J connectivity index is 1.76. The van der Waals surface area contributed by atoms with Gasteiger partial charge in [-0.15, -0.1) is 0 Å². The highest BCUT2D eigenvalue weighted by Crippen LogP contribution is 2.33. The van der Waals surface area contributed by atoms with Crippen LogP contribution in [0, 0.1) is 13.8 Å². The number of fused-ring (bicyclic) bond motifs is 1. The molecule has 0 aliphatic heterocycles. The lowest BCUT2D eigenvalue weighted by molar-refractivity contribution is 0.0995. The van der Waals surface area contributed by atoms with E-state index in [1.165, 1.54) is 0 Å². The molecule has 0 bridgehead atoms. The molecule has 168 valence electrons. The molecule has 0 fully saturated rings. The lowest BCUT2D eigenvalue weighted by Crippen LogP contribution is -2.20. The van der Waals surface area contributed by atoms with Gasteiger partial charge in [-0.05, 0) is 67.8 Å². The maximum atomic E-state index is 12.5. The first-order valence-corrected chi connectivity index (χ1v) is 10.8. The van der Waals surface area contributed by atoms with Crippen molar-refractivity contribution in [3.05, 3.63) is 81.5 Å². The molecule has 0 spiro atoms. The number of aryl methyl sites for hydroxylation is 4. The summed E-state index contributed by atoms with van der Waals surface area (Å²) in [5, 5.41) is 1.01. The van der Waals surface area contributed by atoms with Crippen molar-refractivity contribution in [2.45, 2.75) is 27.2 Å². The zero-order chi connectivity index (χ0) is 23.9. The third kappa shape index (κ3) is 3.98. The maximum Gasteiger partial charge on any atom is 0.267 e. The van der Waals surface area contributed by atoms with Crippen molar-refractivity contribution in [1.29, 1.82) is 0 Å². The molecule has 4 aromatic rings. The molecule has 33 heavy (non-hydrogen) atoms. The zero-order valence-corrected chi connectivity index (χ0v) is 19.5. The van der Waals surface area contributed by atoms with Gasteiger partial charge in [0.15, 0.2) is 0 Å². The Morgan fingerprint density at radius 2 is 1.82 bits per heavy atom. The Kier molecular flexibility index (Phi) is 5.72.